The molecule has 2 rings (SSSR count). The van der Waals surface area contributed by atoms with Crippen molar-refractivity contribution in [2.24, 2.45) is 5.73 Å². The zero-order chi connectivity index (χ0) is 12.3. The molecule has 0 amide bonds. The third kappa shape index (κ3) is 2.89. The third-order valence-electron chi connectivity index (χ3n) is 2.41. The molecule has 4 nitrogen and oxygen atoms in total. The normalized spacial score (nSPS) is 12.3. The molecule has 3 N–H and O–H groups in total. The molecule has 0 saturated carbocycles. The zero-order valence-corrected chi connectivity index (χ0v) is 9.85. The molecule has 1 aromatic carbocycles. The Labute approximate surface area is 103 Å². The summed E-state index contributed by atoms with van der Waals surface area (Å²) in [6, 6.07) is 6.80. The minimum Gasteiger partial charge on any atom is -0.480 e. The maximum Gasteiger partial charge on any atom is 0.320 e. The lowest BCUT2D eigenvalue weighted by atomic mass is 10.1. The van der Waals surface area contributed by atoms with Crippen LogP contribution in [0.3, 0.4) is 0 Å². The number of rotatable bonds is 4. The molecule has 0 saturated heterocycles. The van der Waals surface area contributed by atoms with Crippen molar-refractivity contribution < 1.29 is 9.90 Å². The molecule has 1 heterocycles. The van der Waals surface area contributed by atoms with Crippen LogP contribution in [0.1, 0.15) is 5.56 Å². The van der Waals surface area contributed by atoms with E-state index in [1.807, 2.05) is 29.6 Å². The highest BCUT2D eigenvalue weighted by Gasteiger charge is 2.11. The second-order valence-electron chi connectivity index (χ2n) is 3.68. The molecule has 88 valence electrons. The topological polar surface area (TPSA) is 76.2 Å². The van der Waals surface area contributed by atoms with Crippen molar-refractivity contribution >= 4 is 17.3 Å². The summed E-state index contributed by atoms with van der Waals surface area (Å²) in [4.78, 5) is 14.8. The van der Waals surface area contributed by atoms with E-state index >= 15 is 0 Å². The van der Waals surface area contributed by atoms with Gasteiger partial charge in [0.25, 0.3) is 0 Å². The van der Waals surface area contributed by atoms with E-state index in [1.54, 1.807) is 17.5 Å². The number of aromatic nitrogens is 1. The van der Waals surface area contributed by atoms with Gasteiger partial charge in [0, 0.05) is 17.1 Å². The van der Waals surface area contributed by atoms with Crippen molar-refractivity contribution in [3.05, 3.63) is 41.4 Å². The molecule has 17 heavy (non-hydrogen) atoms. The lowest BCUT2D eigenvalue weighted by molar-refractivity contribution is -0.138. The second-order valence-corrected chi connectivity index (χ2v) is 4.58. The first kappa shape index (κ1) is 11.8. The van der Waals surface area contributed by atoms with Crippen LogP contribution < -0.4 is 5.73 Å². The number of thiazole rings is 1. The van der Waals surface area contributed by atoms with E-state index in [2.05, 4.69) is 4.98 Å². The Bertz CT molecular complexity index is 494. The van der Waals surface area contributed by atoms with Gasteiger partial charge in [0.2, 0.25) is 0 Å². The van der Waals surface area contributed by atoms with E-state index in [1.165, 1.54) is 0 Å². The molecule has 0 spiro atoms. The average molecular weight is 248 g/mol. The summed E-state index contributed by atoms with van der Waals surface area (Å²) >= 11 is 1.57. The lowest BCUT2D eigenvalue weighted by Gasteiger charge is -2.06. The van der Waals surface area contributed by atoms with Gasteiger partial charge in [0.1, 0.15) is 11.0 Å². The van der Waals surface area contributed by atoms with E-state index in [0.717, 1.165) is 16.1 Å². The van der Waals surface area contributed by atoms with Crippen molar-refractivity contribution in [3.63, 3.8) is 0 Å². The quantitative estimate of drug-likeness (QED) is 0.864. The van der Waals surface area contributed by atoms with E-state index in [9.17, 15) is 4.79 Å². The Hall–Kier alpha value is -1.72. The summed E-state index contributed by atoms with van der Waals surface area (Å²) in [5, 5.41) is 11.6. The smallest absolute Gasteiger partial charge is 0.320 e. The Balaban J connectivity index is 2.11. The van der Waals surface area contributed by atoms with Gasteiger partial charge in [-0.15, -0.1) is 11.3 Å². The molecule has 0 aliphatic rings. The molecule has 0 radical (unpaired) electrons. The van der Waals surface area contributed by atoms with Crippen molar-refractivity contribution in [3.8, 4) is 10.6 Å². The molecular weight excluding hydrogens is 236 g/mol. The number of carboxylic acids is 1. The lowest BCUT2D eigenvalue weighted by Crippen LogP contribution is -2.32. The molecule has 5 heteroatoms. The van der Waals surface area contributed by atoms with Gasteiger partial charge in [0.15, 0.2) is 0 Å². The van der Waals surface area contributed by atoms with Crippen LogP contribution in [-0.4, -0.2) is 22.1 Å². The number of carboxylic acid groups (broad SMARTS) is 1. The van der Waals surface area contributed by atoms with Crippen LogP contribution in [0.4, 0.5) is 0 Å². The Kier molecular flexibility index (Phi) is 3.51. The number of aliphatic carboxylic acids is 1. The van der Waals surface area contributed by atoms with Gasteiger partial charge in [-0.25, -0.2) is 4.98 Å². The monoisotopic (exact) mass is 248 g/mol. The van der Waals surface area contributed by atoms with Crippen molar-refractivity contribution in [1.29, 1.82) is 0 Å². The second kappa shape index (κ2) is 5.07. The van der Waals surface area contributed by atoms with Gasteiger partial charge in [-0.05, 0) is 12.0 Å². The van der Waals surface area contributed by atoms with Gasteiger partial charge in [0.05, 0.1) is 0 Å². The van der Waals surface area contributed by atoms with Crippen molar-refractivity contribution in [2.75, 3.05) is 0 Å². The summed E-state index contributed by atoms with van der Waals surface area (Å²) in [6.07, 6.45) is 2.10. The minimum atomic E-state index is -0.978. The van der Waals surface area contributed by atoms with E-state index in [4.69, 9.17) is 10.8 Å². The Morgan fingerprint density at radius 1 is 1.41 bits per heavy atom. The van der Waals surface area contributed by atoms with Crippen molar-refractivity contribution in [1.82, 2.24) is 4.98 Å². The molecule has 0 unspecified atom stereocenters. The molecule has 0 aliphatic carbocycles. The minimum absolute atomic E-state index is 0.341. The van der Waals surface area contributed by atoms with Gasteiger partial charge in [-0.1, -0.05) is 24.3 Å². The van der Waals surface area contributed by atoms with Gasteiger partial charge in [-0.2, -0.15) is 0 Å². The molecule has 0 fully saturated rings. The highest BCUT2D eigenvalue weighted by molar-refractivity contribution is 7.13. The molecule has 1 aromatic heterocycles. The predicted octanol–water partition coefficient (Wildman–Crippen LogP) is 1.76. The standard InChI is InChI=1S/C12H12N2O2S/c13-10(12(15)16)7-8-1-3-9(4-2-8)11-14-5-6-17-11/h1-6,10H,7,13H2,(H,15,16)/t10-/m0/s1. The fourth-order valence-electron chi connectivity index (χ4n) is 1.49. The van der Waals surface area contributed by atoms with Gasteiger partial charge in [-0.3, -0.25) is 4.79 Å². The zero-order valence-electron chi connectivity index (χ0n) is 9.04. The number of hydrogen-bond donors (Lipinski definition) is 2. The van der Waals surface area contributed by atoms with Crippen LogP contribution >= 0.6 is 11.3 Å². The highest BCUT2D eigenvalue weighted by Crippen LogP contribution is 2.22. The van der Waals surface area contributed by atoms with Gasteiger partial charge >= 0.3 is 5.97 Å². The van der Waals surface area contributed by atoms with Crippen LogP contribution in [-0.2, 0) is 11.2 Å². The maximum absolute atomic E-state index is 10.6. The number of nitrogens with zero attached hydrogens (tertiary/aromatic N) is 1. The number of benzene rings is 1. The summed E-state index contributed by atoms with van der Waals surface area (Å²) in [6.45, 7) is 0. The first-order valence-electron chi connectivity index (χ1n) is 5.14. The predicted molar refractivity (Wildman–Crippen MR) is 66.9 cm³/mol. The van der Waals surface area contributed by atoms with Crippen LogP contribution in [0.2, 0.25) is 0 Å². The Morgan fingerprint density at radius 3 is 2.65 bits per heavy atom. The van der Waals surface area contributed by atoms with E-state index in [0.29, 0.717) is 6.42 Å². The third-order valence-corrected chi connectivity index (χ3v) is 3.23. The SMILES string of the molecule is N[C@@H](Cc1ccc(-c2nccs2)cc1)C(=O)O. The molecular formula is C12H12N2O2S. The van der Waals surface area contributed by atoms with Crippen LogP contribution in [0.5, 0.6) is 0 Å². The largest absolute Gasteiger partial charge is 0.480 e. The van der Waals surface area contributed by atoms with Crippen LogP contribution in [0.15, 0.2) is 35.8 Å². The van der Waals surface area contributed by atoms with Crippen LogP contribution in [0.25, 0.3) is 10.6 Å². The number of hydrogen-bond acceptors (Lipinski definition) is 4. The number of nitrogens with two attached hydrogens (primary N) is 1. The summed E-state index contributed by atoms with van der Waals surface area (Å²) in [5.41, 5.74) is 7.42. The fourth-order valence-corrected chi connectivity index (χ4v) is 2.14. The van der Waals surface area contributed by atoms with Gasteiger partial charge < -0.3 is 10.8 Å². The van der Waals surface area contributed by atoms with E-state index in [-0.39, 0.29) is 0 Å². The highest BCUT2D eigenvalue weighted by atomic mass is 32.1. The molecule has 2 aromatic rings. The Morgan fingerprint density at radius 2 is 2.12 bits per heavy atom. The first-order valence-corrected chi connectivity index (χ1v) is 6.02. The maximum atomic E-state index is 10.6. The van der Waals surface area contributed by atoms with E-state index < -0.39 is 12.0 Å². The number of carbonyl (C=O) groups is 1. The molecule has 1 atom stereocenters. The molecule has 0 bridgehead atoms. The average Bonchev–Trinajstić information content (AvgIpc) is 2.83. The summed E-state index contributed by atoms with van der Waals surface area (Å²) in [5.74, 6) is -0.978. The van der Waals surface area contributed by atoms with Crippen molar-refractivity contribution in [2.45, 2.75) is 12.5 Å². The fraction of sp³-hybridized carbons (Fsp3) is 0.167. The summed E-state index contributed by atoms with van der Waals surface area (Å²) in [7, 11) is 0. The molecule has 0 aliphatic heterocycles. The first-order chi connectivity index (χ1) is 8.16. The summed E-state index contributed by atoms with van der Waals surface area (Å²) < 4.78 is 0. The van der Waals surface area contributed by atoms with Crippen LogP contribution in [0, 0.1) is 0 Å².